The third-order valence-corrected chi connectivity index (χ3v) is 7.21. The Morgan fingerprint density at radius 3 is 2.47 bits per heavy atom. The van der Waals surface area contributed by atoms with Gasteiger partial charge in [0.05, 0.1) is 30.7 Å². The van der Waals surface area contributed by atoms with Crippen LogP contribution in [0.1, 0.15) is 16.1 Å². The van der Waals surface area contributed by atoms with Gasteiger partial charge in [0.1, 0.15) is 18.1 Å². The molecule has 2 aromatic carbocycles. The number of aryl methyl sites for hydroxylation is 1. The smallest absolute Gasteiger partial charge is 0.355 e. The molecule has 4 rings (SSSR count). The topological polar surface area (TPSA) is 87.1 Å². The summed E-state index contributed by atoms with van der Waals surface area (Å²) in [7, 11) is -2.82. The van der Waals surface area contributed by atoms with Crippen molar-refractivity contribution < 1.29 is 27.4 Å². The normalized spacial score (nSPS) is 15.1. The molecule has 0 unspecified atom stereocenters. The Hall–Kier alpha value is -2.88. The van der Waals surface area contributed by atoms with E-state index in [9.17, 15) is 13.2 Å². The first-order chi connectivity index (χ1) is 15.4. The number of aromatic nitrogens is 1. The summed E-state index contributed by atoms with van der Waals surface area (Å²) >= 11 is 0. The van der Waals surface area contributed by atoms with Crippen LogP contribution in [-0.2, 0) is 19.5 Å². The highest BCUT2D eigenvalue weighted by Crippen LogP contribution is 2.29. The van der Waals surface area contributed by atoms with Gasteiger partial charge in [-0.05, 0) is 37.3 Å². The van der Waals surface area contributed by atoms with Crippen LogP contribution < -0.4 is 4.74 Å². The molecule has 1 aromatic heterocycles. The number of methoxy groups -OCH3 is 1. The monoisotopic (exact) mass is 458 g/mol. The molecule has 170 valence electrons. The van der Waals surface area contributed by atoms with Crippen LogP contribution in [0.3, 0.4) is 0 Å². The molecule has 1 fully saturated rings. The predicted molar refractivity (Wildman–Crippen MR) is 120 cm³/mol. The second-order valence-corrected chi connectivity index (χ2v) is 9.41. The van der Waals surface area contributed by atoms with Gasteiger partial charge in [-0.3, -0.25) is 4.90 Å². The fraction of sp³-hybridized carbons (Fsp3) is 0.348. The maximum atomic E-state index is 13.5. The fourth-order valence-corrected chi connectivity index (χ4v) is 5.18. The van der Waals surface area contributed by atoms with E-state index in [2.05, 4.69) is 4.90 Å². The molecule has 1 aliphatic rings. The number of ether oxygens (including phenoxy) is 3. The van der Waals surface area contributed by atoms with Crippen molar-refractivity contribution in [2.75, 3.05) is 46.6 Å². The largest absolute Gasteiger partial charge is 0.492 e. The number of hydrogen-bond acceptors (Lipinski definition) is 7. The van der Waals surface area contributed by atoms with Crippen LogP contribution in [0.5, 0.6) is 5.75 Å². The van der Waals surface area contributed by atoms with Crippen LogP contribution in [0.15, 0.2) is 53.4 Å². The average molecular weight is 459 g/mol. The highest BCUT2D eigenvalue weighted by molar-refractivity contribution is 7.90. The first kappa shape index (κ1) is 22.3. The molecular formula is C23H26N2O6S. The molecule has 0 bridgehead atoms. The van der Waals surface area contributed by atoms with Crippen LogP contribution in [0, 0.1) is 6.92 Å². The zero-order valence-corrected chi connectivity index (χ0v) is 18.9. The number of carbonyl (C=O) groups excluding carboxylic acids is 1. The molecular weight excluding hydrogens is 432 g/mol. The molecule has 32 heavy (non-hydrogen) atoms. The maximum Gasteiger partial charge on any atom is 0.355 e. The van der Waals surface area contributed by atoms with Gasteiger partial charge in [0.25, 0.3) is 10.0 Å². The van der Waals surface area contributed by atoms with Gasteiger partial charge < -0.3 is 14.2 Å². The van der Waals surface area contributed by atoms with Gasteiger partial charge in [-0.15, -0.1) is 0 Å². The van der Waals surface area contributed by atoms with E-state index in [1.165, 1.54) is 25.3 Å². The highest BCUT2D eigenvalue weighted by atomic mass is 32.2. The molecule has 1 saturated heterocycles. The lowest BCUT2D eigenvalue weighted by molar-refractivity contribution is 0.0322. The van der Waals surface area contributed by atoms with Gasteiger partial charge in [0.2, 0.25) is 0 Å². The van der Waals surface area contributed by atoms with E-state index >= 15 is 0 Å². The molecule has 9 heteroatoms. The minimum atomic E-state index is -4.04. The van der Waals surface area contributed by atoms with Crippen LogP contribution in [0.25, 0.3) is 10.9 Å². The Morgan fingerprint density at radius 2 is 1.78 bits per heavy atom. The number of hydrogen-bond donors (Lipinski definition) is 0. The van der Waals surface area contributed by atoms with Gasteiger partial charge in [-0.25, -0.2) is 17.2 Å². The van der Waals surface area contributed by atoms with Gasteiger partial charge in [-0.1, -0.05) is 17.7 Å². The van der Waals surface area contributed by atoms with E-state index in [-0.39, 0.29) is 10.6 Å². The summed E-state index contributed by atoms with van der Waals surface area (Å²) in [5.41, 5.74) is 1.23. The Labute approximate surface area is 187 Å². The Bertz CT molecular complexity index is 1210. The Balaban J connectivity index is 1.69. The van der Waals surface area contributed by atoms with Crippen molar-refractivity contribution in [1.82, 2.24) is 8.87 Å². The van der Waals surface area contributed by atoms with Crippen molar-refractivity contribution in [3.05, 3.63) is 59.8 Å². The van der Waals surface area contributed by atoms with E-state index in [0.717, 1.165) is 29.2 Å². The number of nitrogens with zero attached hydrogens (tertiary/aromatic N) is 2. The Kier molecular flexibility index (Phi) is 6.50. The van der Waals surface area contributed by atoms with Gasteiger partial charge in [0, 0.05) is 31.1 Å². The second kappa shape index (κ2) is 9.32. The van der Waals surface area contributed by atoms with Crippen molar-refractivity contribution in [1.29, 1.82) is 0 Å². The summed E-state index contributed by atoms with van der Waals surface area (Å²) in [6.07, 6.45) is 0. The number of rotatable bonds is 7. The molecule has 3 aromatic rings. The summed E-state index contributed by atoms with van der Waals surface area (Å²) in [5.74, 6) is -0.202. The Morgan fingerprint density at radius 1 is 1.06 bits per heavy atom. The van der Waals surface area contributed by atoms with Crippen molar-refractivity contribution >= 4 is 26.9 Å². The van der Waals surface area contributed by atoms with Crippen LogP contribution in [0.2, 0.25) is 0 Å². The van der Waals surface area contributed by atoms with Crippen LogP contribution in [-0.4, -0.2) is 69.8 Å². The van der Waals surface area contributed by atoms with Gasteiger partial charge in [-0.2, -0.15) is 0 Å². The first-order valence-corrected chi connectivity index (χ1v) is 11.8. The lowest BCUT2D eigenvalue weighted by atomic mass is 10.2. The standard InChI is InChI=1S/C23H26N2O6S/c1-17-3-7-20(8-4-17)32(27,28)25-21-16-19(31-14-11-24-9-12-30-13-10-24)6-5-18(21)15-22(25)23(26)29-2/h3-8,15-16H,9-14H2,1-2H3. The number of morpholine rings is 1. The number of fused-ring (bicyclic) bond motifs is 1. The van der Waals surface area contributed by atoms with E-state index < -0.39 is 16.0 Å². The predicted octanol–water partition coefficient (Wildman–Crippen LogP) is 2.68. The van der Waals surface area contributed by atoms with Crippen molar-refractivity contribution in [2.45, 2.75) is 11.8 Å². The molecule has 0 amide bonds. The van der Waals surface area contributed by atoms with Crippen LogP contribution in [0.4, 0.5) is 0 Å². The third kappa shape index (κ3) is 4.50. The van der Waals surface area contributed by atoms with Crippen molar-refractivity contribution in [3.8, 4) is 5.75 Å². The van der Waals surface area contributed by atoms with Gasteiger partial charge >= 0.3 is 5.97 Å². The molecule has 0 radical (unpaired) electrons. The lowest BCUT2D eigenvalue weighted by Crippen LogP contribution is -2.38. The molecule has 8 nitrogen and oxygen atoms in total. The summed E-state index contributed by atoms with van der Waals surface area (Å²) < 4.78 is 44.1. The van der Waals surface area contributed by atoms with Gasteiger partial charge in [0.15, 0.2) is 0 Å². The SMILES string of the molecule is COC(=O)c1cc2ccc(OCCN3CCOCC3)cc2n1S(=O)(=O)c1ccc(C)cc1. The van der Waals surface area contributed by atoms with Crippen LogP contribution >= 0.6 is 0 Å². The minimum Gasteiger partial charge on any atom is -0.492 e. The summed E-state index contributed by atoms with van der Waals surface area (Å²) in [6.45, 7) is 6.24. The summed E-state index contributed by atoms with van der Waals surface area (Å²) in [4.78, 5) is 14.8. The molecule has 1 aliphatic heterocycles. The van der Waals surface area contributed by atoms with E-state index in [4.69, 9.17) is 14.2 Å². The second-order valence-electron chi connectivity index (χ2n) is 7.63. The maximum absolute atomic E-state index is 13.5. The van der Waals surface area contributed by atoms with E-state index in [0.29, 0.717) is 36.5 Å². The molecule has 0 N–H and O–H groups in total. The zero-order chi connectivity index (χ0) is 22.7. The minimum absolute atomic E-state index is 0.0615. The molecule has 0 spiro atoms. The number of benzene rings is 2. The average Bonchev–Trinajstić information content (AvgIpc) is 3.19. The van der Waals surface area contributed by atoms with Crippen molar-refractivity contribution in [2.24, 2.45) is 0 Å². The molecule has 2 heterocycles. The first-order valence-electron chi connectivity index (χ1n) is 10.4. The third-order valence-electron chi connectivity index (χ3n) is 5.47. The highest BCUT2D eigenvalue weighted by Gasteiger charge is 2.27. The number of carbonyl (C=O) groups is 1. The van der Waals surface area contributed by atoms with Crippen molar-refractivity contribution in [3.63, 3.8) is 0 Å². The lowest BCUT2D eigenvalue weighted by Gasteiger charge is -2.26. The number of esters is 1. The fourth-order valence-electron chi connectivity index (χ4n) is 3.69. The van der Waals surface area contributed by atoms with E-state index in [1.54, 1.807) is 30.3 Å². The molecule has 0 aliphatic carbocycles. The van der Waals surface area contributed by atoms with E-state index in [1.807, 2.05) is 6.92 Å². The zero-order valence-electron chi connectivity index (χ0n) is 18.1. The molecule has 0 saturated carbocycles. The summed E-state index contributed by atoms with van der Waals surface area (Å²) in [5, 5.41) is 0.599. The summed E-state index contributed by atoms with van der Waals surface area (Å²) in [6, 6.07) is 13.2. The quantitative estimate of drug-likeness (QED) is 0.503. The molecule has 0 atom stereocenters.